The van der Waals surface area contributed by atoms with Gasteiger partial charge < -0.3 is 9.67 Å². The predicted molar refractivity (Wildman–Crippen MR) is 100.0 cm³/mol. The zero-order chi connectivity index (χ0) is 19.6. The van der Waals surface area contributed by atoms with E-state index in [9.17, 15) is 18.3 Å². The van der Waals surface area contributed by atoms with Gasteiger partial charge in [-0.3, -0.25) is 0 Å². The summed E-state index contributed by atoms with van der Waals surface area (Å²) in [4.78, 5) is 15.5. The van der Waals surface area contributed by atoms with E-state index in [1.807, 2.05) is 18.2 Å². The van der Waals surface area contributed by atoms with E-state index in [-0.39, 0.29) is 10.5 Å². The SMILES string of the molecule is Cc1ccc(S(=O)(=O)N[C@@H](c2ccccc2)c2nccn2C)cc1C(=O)O. The Kier molecular flexibility index (Phi) is 5.11. The zero-order valence-corrected chi connectivity index (χ0v) is 15.6. The average molecular weight is 385 g/mol. The number of benzene rings is 2. The van der Waals surface area contributed by atoms with Crippen LogP contribution >= 0.6 is 0 Å². The highest BCUT2D eigenvalue weighted by atomic mass is 32.2. The molecule has 0 fully saturated rings. The monoisotopic (exact) mass is 385 g/mol. The molecule has 8 heteroatoms. The summed E-state index contributed by atoms with van der Waals surface area (Å²) in [6, 6.07) is 12.4. The summed E-state index contributed by atoms with van der Waals surface area (Å²) >= 11 is 0. The number of imidazole rings is 1. The maximum absolute atomic E-state index is 13.0. The van der Waals surface area contributed by atoms with Crippen molar-refractivity contribution in [1.82, 2.24) is 14.3 Å². The molecule has 0 amide bonds. The first-order valence-corrected chi connectivity index (χ1v) is 9.66. The first-order chi connectivity index (χ1) is 12.8. The average Bonchev–Trinajstić information content (AvgIpc) is 3.06. The zero-order valence-electron chi connectivity index (χ0n) is 14.8. The van der Waals surface area contributed by atoms with Crippen LogP contribution in [0.3, 0.4) is 0 Å². The lowest BCUT2D eigenvalue weighted by atomic mass is 10.1. The van der Waals surface area contributed by atoms with Crippen molar-refractivity contribution in [3.8, 4) is 0 Å². The highest BCUT2D eigenvalue weighted by Crippen LogP contribution is 2.24. The van der Waals surface area contributed by atoms with Crippen LogP contribution in [-0.4, -0.2) is 29.0 Å². The first-order valence-electron chi connectivity index (χ1n) is 8.18. The van der Waals surface area contributed by atoms with Crippen molar-refractivity contribution in [2.75, 3.05) is 0 Å². The summed E-state index contributed by atoms with van der Waals surface area (Å²) < 4.78 is 30.3. The van der Waals surface area contributed by atoms with Crippen molar-refractivity contribution >= 4 is 16.0 Å². The molecular weight excluding hydrogens is 366 g/mol. The van der Waals surface area contributed by atoms with Crippen LogP contribution in [0.2, 0.25) is 0 Å². The van der Waals surface area contributed by atoms with E-state index in [2.05, 4.69) is 9.71 Å². The molecule has 1 heterocycles. The molecule has 140 valence electrons. The molecule has 27 heavy (non-hydrogen) atoms. The number of hydrogen-bond donors (Lipinski definition) is 2. The van der Waals surface area contributed by atoms with Crippen LogP contribution in [0.25, 0.3) is 0 Å². The third-order valence-electron chi connectivity index (χ3n) is 4.27. The molecule has 0 bridgehead atoms. The Labute approximate surface area is 157 Å². The van der Waals surface area contributed by atoms with E-state index in [4.69, 9.17) is 0 Å². The molecular formula is C19H19N3O4S. The lowest BCUT2D eigenvalue weighted by molar-refractivity contribution is 0.0696. The molecule has 7 nitrogen and oxygen atoms in total. The minimum absolute atomic E-state index is 0.0499. The molecule has 3 aromatic rings. The van der Waals surface area contributed by atoms with Crippen LogP contribution in [0.15, 0.2) is 65.8 Å². The number of aryl methyl sites for hydroxylation is 2. The van der Waals surface area contributed by atoms with Gasteiger partial charge in [0.2, 0.25) is 10.0 Å². The molecule has 0 aliphatic heterocycles. The van der Waals surface area contributed by atoms with Gasteiger partial charge in [0.1, 0.15) is 11.9 Å². The highest BCUT2D eigenvalue weighted by molar-refractivity contribution is 7.89. The van der Waals surface area contributed by atoms with Crippen LogP contribution in [-0.2, 0) is 17.1 Å². The van der Waals surface area contributed by atoms with Gasteiger partial charge in [-0.05, 0) is 30.2 Å². The van der Waals surface area contributed by atoms with Crippen molar-refractivity contribution in [3.05, 3.63) is 83.4 Å². The number of rotatable bonds is 6. The van der Waals surface area contributed by atoms with Crippen molar-refractivity contribution in [1.29, 1.82) is 0 Å². The van der Waals surface area contributed by atoms with Gasteiger partial charge in [0, 0.05) is 19.4 Å². The Morgan fingerprint density at radius 1 is 1.19 bits per heavy atom. The molecule has 0 spiro atoms. The number of nitrogens with one attached hydrogen (secondary N) is 1. The van der Waals surface area contributed by atoms with E-state index in [1.54, 1.807) is 43.1 Å². The molecule has 0 unspecified atom stereocenters. The van der Waals surface area contributed by atoms with Gasteiger partial charge in [-0.1, -0.05) is 36.4 Å². The van der Waals surface area contributed by atoms with E-state index >= 15 is 0 Å². The smallest absolute Gasteiger partial charge is 0.335 e. The maximum atomic E-state index is 13.0. The van der Waals surface area contributed by atoms with E-state index in [1.165, 1.54) is 18.2 Å². The molecule has 3 rings (SSSR count). The first kappa shape index (κ1) is 18.8. The van der Waals surface area contributed by atoms with Gasteiger partial charge in [-0.15, -0.1) is 0 Å². The Morgan fingerprint density at radius 3 is 2.48 bits per heavy atom. The third-order valence-corrected chi connectivity index (χ3v) is 5.69. The standard InChI is InChI=1S/C19H19N3O4S/c1-13-8-9-15(12-16(13)19(23)24)27(25,26)21-17(14-6-4-3-5-7-14)18-20-10-11-22(18)2/h3-12,17,21H,1-2H3,(H,23,24)/t17-/m0/s1. The van der Waals surface area contributed by atoms with Crippen molar-refractivity contribution < 1.29 is 18.3 Å². The molecule has 0 saturated carbocycles. The largest absolute Gasteiger partial charge is 0.478 e. The number of carboxylic acid groups (broad SMARTS) is 1. The molecule has 0 aliphatic rings. The number of sulfonamides is 1. The summed E-state index contributed by atoms with van der Waals surface area (Å²) in [5.41, 5.74) is 1.16. The lowest BCUT2D eigenvalue weighted by Crippen LogP contribution is -2.31. The number of aromatic nitrogens is 2. The second-order valence-corrected chi connectivity index (χ2v) is 7.86. The fourth-order valence-corrected chi connectivity index (χ4v) is 4.00. The Hall–Kier alpha value is -2.97. The Morgan fingerprint density at radius 2 is 1.89 bits per heavy atom. The van der Waals surface area contributed by atoms with Crippen molar-refractivity contribution in [3.63, 3.8) is 0 Å². The van der Waals surface area contributed by atoms with Gasteiger partial charge in [-0.25, -0.2) is 18.2 Å². The summed E-state index contributed by atoms with van der Waals surface area (Å²) in [5, 5.41) is 9.27. The van der Waals surface area contributed by atoms with Crippen molar-refractivity contribution in [2.45, 2.75) is 17.9 Å². The van der Waals surface area contributed by atoms with Crippen LogP contribution < -0.4 is 4.72 Å². The Balaban J connectivity index is 2.04. The summed E-state index contributed by atoms with van der Waals surface area (Å²) in [6.45, 7) is 1.62. The minimum Gasteiger partial charge on any atom is -0.478 e. The third kappa shape index (κ3) is 3.91. The summed E-state index contributed by atoms with van der Waals surface area (Å²) in [5.74, 6) is -0.649. The number of carboxylic acids is 1. The second kappa shape index (κ2) is 7.34. The fraction of sp³-hybridized carbons (Fsp3) is 0.158. The molecule has 0 radical (unpaired) electrons. The molecule has 1 aromatic heterocycles. The van der Waals surface area contributed by atoms with Crippen LogP contribution in [0.4, 0.5) is 0 Å². The Bertz CT molecular complexity index is 1080. The second-order valence-electron chi connectivity index (χ2n) is 6.14. The molecule has 2 N–H and O–H groups in total. The number of carbonyl (C=O) groups is 1. The lowest BCUT2D eigenvalue weighted by Gasteiger charge is -2.19. The van der Waals surface area contributed by atoms with Gasteiger partial charge in [0.15, 0.2) is 0 Å². The predicted octanol–water partition coefficient (Wildman–Crippen LogP) is 2.49. The van der Waals surface area contributed by atoms with Gasteiger partial charge in [0.25, 0.3) is 0 Å². The maximum Gasteiger partial charge on any atom is 0.335 e. The highest BCUT2D eigenvalue weighted by Gasteiger charge is 2.26. The van der Waals surface area contributed by atoms with Gasteiger partial charge in [0.05, 0.1) is 10.5 Å². The minimum atomic E-state index is -3.99. The normalized spacial score (nSPS) is 12.7. The van der Waals surface area contributed by atoms with Crippen LogP contribution in [0.1, 0.15) is 33.4 Å². The van der Waals surface area contributed by atoms with E-state index < -0.39 is 22.0 Å². The van der Waals surface area contributed by atoms with Crippen LogP contribution in [0, 0.1) is 6.92 Å². The van der Waals surface area contributed by atoms with E-state index in [0.717, 1.165) is 5.56 Å². The molecule has 0 aliphatic carbocycles. The molecule has 2 aromatic carbocycles. The van der Waals surface area contributed by atoms with Crippen molar-refractivity contribution in [2.24, 2.45) is 7.05 Å². The molecule has 0 saturated heterocycles. The number of nitrogens with zero attached hydrogens (tertiary/aromatic N) is 2. The number of hydrogen-bond acceptors (Lipinski definition) is 4. The topological polar surface area (TPSA) is 101 Å². The van der Waals surface area contributed by atoms with Gasteiger partial charge in [-0.2, -0.15) is 4.72 Å². The summed E-state index contributed by atoms with van der Waals surface area (Å²) in [6.07, 6.45) is 3.32. The number of aromatic carboxylic acids is 1. The quantitative estimate of drug-likeness (QED) is 0.679. The van der Waals surface area contributed by atoms with Gasteiger partial charge >= 0.3 is 5.97 Å². The summed E-state index contributed by atoms with van der Waals surface area (Å²) in [7, 11) is -2.21. The molecule has 1 atom stereocenters. The van der Waals surface area contributed by atoms with E-state index in [0.29, 0.717) is 11.4 Å². The fourth-order valence-electron chi connectivity index (χ4n) is 2.79. The van der Waals surface area contributed by atoms with Crippen LogP contribution in [0.5, 0.6) is 0 Å².